The van der Waals surface area contributed by atoms with Gasteiger partial charge in [0.05, 0.1) is 18.6 Å². The van der Waals surface area contributed by atoms with E-state index in [1.807, 2.05) is 0 Å². The number of rotatable bonds is 10. The van der Waals surface area contributed by atoms with E-state index in [1.165, 1.54) is 0 Å². The molecule has 0 bridgehead atoms. The first-order valence-corrected chi connectivity index (χ1v) is 21.5. The lowest BCUT2D eigenvalue weighted by Gasteiger charge is -2.31. The Balaban J connectivity index is 1.97. The second kappa shape index (κ2) is 15.6. The molecule has 0 amide bonds. The first kappa shape index (κ1) is 37.6. The van der Waals surface area contributed by atoms with Crippen LogP contribution in [0, 0.1) is 0 Å². The Kier molecular flexibility index (Phi) is 13.6. The molecule has 0 N–H and O–H groups in total. The van der Waals surface area contributed by atoms with Gasteiger partial charge in [-0.15, -0.1) is 0 Å². The molecule has 0 aliphatic heterocycles. The number of alkyl halides is 4. The third-order valence-electron chi connectivity index (χ3n) is 7.30. The van der Waals surface area contributed by atoms with E-state index in [1.54, 1.807) is 0 Å². The van der Waals surface area contributed by atoms with Crippen LogP contribution >= 0.6 is 159 Å². The second-order valence-electron chi connectivity index (χ2n) is 10.7. The fourth-order valence-electron chi connectivity index (χ4n) is 4.89. The van der Waals surface area contributed by atoms with Crippen molar-refractivity contribution in [3.8, 4) is 11.5 Å². The lowest BCUT2D eigenvalue weighted by molar-refractivity contribution is 0.320. The molecule has 4 unspecified atom stereocenters. The van der Waals surface area contributed by atoms with Crippen molar-refractivity contribution < 1.29 is 9.47 Å². The van der Waals surface area contributed by atoms with Gasteiger partial charge in [0.15, 0.2) is 0 Å². The van der Waals surface area contributed by atoms with Crippen molar-refractivity contribution in [1.29, 1.82) is 0 Å². The molecule has 4 aromatic rings. The molecule has 4 rings (SSSR count). The van der Waals surface area contributed by atoms with E-state index in [2.05, 4.69) is 223 Å². The van der Waals surface area contributed by atoms with Crippen molar-refractivity contribution in [2.45, 2.75) is 52.4 Å². The monoisotopic (exact) mass is 1220 g/mol. The Morgan fingerprint density at radius 1 is 0.535 bits per heavy atom. The van der Waals surface area contributed by atoms with E-state index in [0.717, 1.165) is 71.0 Å². The van der Waals surface area contributed by atoms with E-state index in [9.17, 15) is 0 Å². The Morgan fingerprint density at radius 3 is 1.21 bits per heavy atom. The van der Waals surface area contributed by atoms with E-state index >= 15 is 0 Å². The molecule has 12 heteroatoms. The molecule has 0 heterocycles. The normalized spacial score (nSPS) is 15.0. The molecule has 4 aromatic carbocycles. The van der Waals surface area contributed by atoms with Crippen LogP contribution < -0.4 is 9.47 Å². The number of hydrogen-bond donors (Lipinski definition) is 0. The summed E-state index contributed by atoms with van der Waals surface area (Å²) in [6.07, 6.45) is 0. The molecule has 0 saturated carbocycles. The standard InChI is InChI=1S/C31H26Br10O2/c1-13(32)23(40)11-42-29-21(38)9-19(36)25-15(5-7-17(34)27(25)29)31(3,4)16-6-8-18(35)28-26(16)20(37)10-22(39)30(28)43-12-24(41)14(2)33/h5-10,13-14,23-24H,11-12H2,1-4H3. The van der Waals surface area contributed by atoms with Gasteiger partial charge in [-0.05, 0) is 67.3 Å². The molecule has 43 heavy (non-hydrogen) atoms. The maximum Gasteiger partial charge on any atom is 0.142 e. The summed E-state index contributed by atoms with van der Waals surface area (Å²) in [5.41, 5.74) is 1.89. The molecule has 232 valence electrons. The molecule has 0 radical (unpaired) electrons. The third-order valence-corrected chi connectivity index (χ3v) is 15.9. The van der Waals surface area contributed by atoms with Gasteiger partial charge in [-0.25, -0.2) is 0 Å². The lowest BCUT2D eigenvalue weighted by atomic mass is 9.74. The molecule has 0 aromatic heterocycles. The minimum atomic E-state index is -0.427. The SMILES string of the molecule is CC(Br)C(Br)COc1c(Br)cc(Br)c2c(C(C)(C)c3ccc(Br)c4c(OCC(Br)C(C)Br)c(Br)cc(Br)c34)ccc(Br)c12. The van der Waals surface area contributed by atoms with Crippen LogP contribution in [0.1, 0.15) is 38.8 Å². The molecule has 2 nitrogen and oxygen atoms in total. The van der Waals surface area contributed by atoms with Crippen LogP contribution in [-0.4, -0.2) is 32.5 Å². The molecule has 0 fully saturated rings. The quantitative estimate of drug-likeness (QED) is 0.147. The van der Waals surface area contributed by atoms with Gasteiger partial charge in [0, 0.05) is 54.5 Å². The molecular weight excluding hydrogens is 1200 g/mol. The number of ether oxygens (including phenoxy) is 2. The zero-order valence-corrected chi connectivity index (χ0v) is 39.1. The Hall–Kier alpha value is 1.80. The minimum Gasteiger partial charge on any atom is -0.491 e. The van der Waals surface area contributed by atoms with E-state index < -0.39 is 5.41 Å². The highest BCUT2D eigenvalue weighted by atomic mass is 79.9. The van der Waals surface area contributed by atoms with Gasteiger partial charge in [-0.2, -0.15) is 0 Å². The topological polar surface area (TPSA) is 18.5 Å². The van der Waals surface area contributed by atoms with Crippen molar-refractivity contribution in [3.05, 3.63) is 74.4 Å². The van der Waals surface area contributed by atoms with Crippen LogP contribution in [0.3, 0.4) is 0 Å². The fraction of sp³-hybridized carbons (Fsp3) is 0.355. The van der Waals surface area contributed by atoms with Crippen molar-refractivity contribution >= 4 is 181 Å². The smallest absolute Gasteiger partial charge is 0.142 e. The molecule has 4 atom stereocenters. The summed E-state index contributed by atoms with van der Waals surface area (Å²) >= 11 is 37.8. The highest BCUT2D eigenvalue weighted by Crippen LogP contribution is 2.51. The number of halogens is 10. The van der Waals surface area contributed by atoms with Crippen LogP contribution in [-0.2, 0) is 5.41 Å². The van der Waals surface area contributed by atoms with Crippen LogP contribution in [0.5, 0.6) is 11.5 Å². The summed E-state index contributed by atoms with van der Waals surface area (Å²) in [7, 11) is 0. The van der Waals surface area contributed by atoms with Gasteiger partial charge >= 0.3 is 0 Å². The van der Waals surface area contributed by atoms with Crippen LogP contribution in [0.15, 0.2) is 63.2 Å². The van der Waals surface area contributed by atoms with Gasteiger partial charge in [-0.1, -0.05) is 167 Å². The predicted molar refractivity (Wildman–Crippen MR) is 219 cm³/mol. The van der Waals surface area contributed by atoms with Gasteiger partial charge in [-0.3, -0.25) is 0 Å². The molecule has 0 aliphatic carbocycles. The first-order chi connectivity index (χ1) is 20.1. The summed E-state index contributed by atoms with van der Waals surface area (Å²) < 4.78 is 18.6. The Bertz CT molecular complexity index is 1550. The molecule has 0 spiro atoms. The maximum absolute atomic E-state index is 6.46. The van der Waals surface area contributed by atoms with Gasteiger partial charge < -0.3 is 9.47 Å². The van der Waals surface area contributed by atoms with E-state index in [4.69, 9.17) is 9.47 Å². The van der Waals surface area contributed by atoms with Gasteiger partial charge in [0.2, 0.25) is 0 Å². The molecule has 0 aliphatic rings. The van der Waals surface area contributed by atoms with E-state index in [-0.39, 0.29) is 19.3 Å². The second-order valence-corrected chi connectivity index (χ2v) is 21.0. The van der Waals surface area contributed by atoms with Crippen molar-refractivity contribution in [3.63, 3.8) is 0 Å². The maximum atomic E-state index is 6.46. The molecule has 0 saturated heterocycles. The fourth-order valence-corrected chi connectivity index (χ4v) is 9.46. The van der Waals surface area contributed by atoms with Crippen LogP contribution in [0.2, 0.25) is 0 Å². The summed E-state index contributed by atoms with van der Waals surface area (Å²) in [5, 5.41) is 4.19. The summed E-state index contributed by atoms with van der Waals surface area (Å²) in [5.74, 6) is 1.60. The lowest BCUT2D eigenvalue weighted by Crippen LogP contribution is -2.21. The Morgan fingerprint density at radius 2 is 0.884 bits per heavy atom. The summed E-state index contributed by atoms with van der Waals surface area (Å²) in [6.45, 7) is 9.75. The number of benzene rings is 4. The third kappa shape index (κ3) is 8.00. The predicted octanol–water partition coefficient (Wildman–Crippen LogP) is 14.7. The first-order valence-electron chi connectivity index (χ1n) is 13.1. The van der Waals surface area contributed by atoms with Crippen molar-refractivity contribution in [2.24, 2.45) is 0 Å². The van der Waals surface area contributed by atoms with Crippen LogP contribution in [0.25, 0.3) is 21.5 Å². The zero-order chi connectivity index (χ0) is 32.0. The van der Waals surface area contributed by atoms with Crippen LogP contribution in [0.4, 0.5) is 0 Å². The van der Waals surface area contributed by atoms with Crippen molar-refractivity contribution in [2.75, 3.05) is 13.2 Å². The Labute approximate surface area is 337 Å². The van der Waals surface area contributed by atoms with E-state index in [0.29, 0.717) is 13.2 Å². The van der Waals surface area contributed by atoms with Crippen molar-refractivity contribution in [1.82, 2.24) is 0 Å². The molecular formula is C31H26Br10O2. The minimum absolute atomic E-state index is 0.149. The summed E-state index contributed by atoms with van der Waals surface area (Å²) in [4.78, 5) is 0.812. The van der Waals surface area contributed by atoms with Gasteiger partial charge in [0.25, 0.3) is 0 Å². The highest BCUT2D eigenvalue weighted by molar-refractivity contribution is 9.13. The largest absolute Gasteiger partial charge is 0.491 e. The zero-order valence-electron chi connectivity index (χ0n) is 23.3. The summed E-state index contributed by atoms with van der Waals surface area (Å²) in [6, 6.07) is 12.8. The average Bonchev–Trinajstić information content (AvgIpc) is 2.92. The highest BCUT2D eigenvalue weighted by Gasteiger charge is 2.32. The average molecular weight is 1230 g/mol. The van der Waals surface area contributed by atoms with Gasteiger partial charge in [0.1, 0.15) is 24.7 Å². The number of fused-ring (bicyclic) bond motifs is 2. The number of hydrogen-bond acceptors (Lipinski definition) is 2.